The molecule has 1 aromatic rings. The van der Waals surface area contributed by atoms with Crippen LogP contribution in [0.25, 0.3) is 0 Å². The van der Waals surface area contributed by atoms with Crippen molar-refractivity contribution in [3.8, 4) is 11.5 Å². The molecule has 1 fully saturated rings. The minimum atomic E-state index is -0.641. The third-order valence-corrected chi connectivity index (χ3v) is 2.99. The summed E-state index contributed by atoms with van der Waals surface area (Å²) in [6.07, 6.45) is 0.587. The van der Waals surface area contributed by atoms with Crippen LogP contribution in [0.4, 0.5) is 0 Å². The highest BCUT2D eigenvalue weighted by Crippen LogP contribution is 2.33. The summed E-state index contributed by atoms with van der Waals surface area (Å²) >= 11 is 0. The summed E-state index contributed by atoms with van der Waals surface area (Å²) in [5.74, 6) is 1.47. The predicted molar refractivity (Wildman–Crippen MR) is 65.7 cm³/mol. The fourth-order valence-corrected chi connectivity index (χ4v) is 2.09. The van der Waals surface area contributed by atoms with Crippen LogP contribution in [0.2, 0.25) is 0 Å². The zero-order valence-corrected chi connectivity index (χ0v) is 10.3. The molecule has 0 unspecified atom stereocenters. The van der Waals surface area contributed by atoms with E-state index in [0.29, 0.717) is 26.1 Å². The Morgan fingerprint density at radius 2 is 2.18 bits per heavy atom. The van der Waals surface area contributed by atoms with Gasteiger partial charge in [-0.2, -0.15) is 0 Å². The van der Waals surface area contributed by atoms with E-state index in [4.69, 9.17) is 9.47 Å². The van der Waals surface area contributed by atoms with Gasteiger partial charge < -0.3 is 19.9 Å². The normalized spacial score (nSPS) is 17.4. The van der Waals surface area contributed by atoms with Crippen LogP contribution in [0.15, 0.2) is 18.2 Å². The molecule has 0 radical (unpaired) electrons. The lowest BCUT2D eigenvalue weighted by Gasteiger charge is -2.38. The van der Waals surface area contributed by atoms with Crippen LogP contribution in [0.5, 0.6) is 11.5 Å². The molecule has 0 saturated carbocycles. The topological polar surface area (TPSA) is 50.7 Å². The van der Waals surface area contributed by atoms with Gasteiger partial charge in [0.1, 0.15) is 0 Å². The molecule has 1 saturated heterocycles. The highest BCUT2D eigenvalue weighted by atomic mass is 16.5. The van der Waals surface area contributed by atoms with Crippen molar-refractivity contribution in [3.63, 3.8) is 0 Å². The number of para-hydroxylation sites is 1. The number of hydrogen-bond acceptors (Lipinski definition) is 4. The van der Waals surface area contributed by atoms with E-state index in [1.54, 1.807) is 7.11 Å². The largest absolute Gasteiger partial charge is 0.493 e. The van der Waals surface area contributed by atoms with Crippen molar-refractivity contribution in [2.45, 2.75) is 18.9 Å². The maximum absolute atomic E-state index is 10.1. The Morgan fingerprint density at radius 3 is 2.71 bits per heavy atom. The van der Waals surface area contributed by atoms with Crippen molar-refractivity contribution in [1.82, 2.24) is 5.32 Å². The van der Waals surface area contributed by atoms with Crippen LogP contribution in [-0.4, -0.2) is 37.5 Å². The van der Waals surface area contributed by atoms with Crippen LogP contribution >= 0.6 is 0 Å². The summed E-state index contributed by atoms with van der Waals surface area (Å²) in [7, 11) is 1.63. The van der Waals surface area contributed by atoms with Gasteiger partial charge in [0.15, 0.2) is 11.5 Å². The Balaban J connectivity index is 2.23. The van der Waals surface area contributed by atoms with Crippen molar-refractivity contribution in [3.05, 3.63) is 23.8 Å². The van der Waals surface area contributed by atoms with Crippen molar-refractivity contribution in [1.29, 1.82) is 0 Å². The Morgan fingerprint density at radius 1 is 1.41 bits per heavy atom. The Hall–Kier alpha value is -1.26. The van der Waals surface area contributed by atoms with Gasteiger partial charge in [0.2, 0.25) is 0 Å². The van der Waals surface area contributed by atoms with Crippen LogP contribution in [0.1, 0.15) is 12.5 Å². The molecule has 1 heterocycles. The van der Waals surface area contributed by atoms with Crippen LogP contribution in [0, 0.1) is 0 Å². The van der Waals surface area contributed by atoms with E-state index in [9.17, 15) is 5.11 Å². The predicted octanol–water partition coefficient (Wildman–Crippen LogP) is 0.971. The zero-order valence-electron chi connectivity index (χ0n) is 10.3. The van der Waals surface area contributed by atoms with Gasteiger partial charge in [0.05, 0.1) is 19.3 Å². The zero-order chi connectivity index (χ0) is 12.3. The molecule has 1 aromatic carbocycles. The monoisotopic (exact) mass is 237 g/mol. The van der Waals surface area contributed by atoms with Crippen molar-refractivity contribution >= 4 is 0 Å². The number of benzene rings is 1. The Bertz CT molecular complexity index is 388. The number of nitrogens with one attached hydrogen (secondary N) is 1. The van der Waals surface area contributed by atoms with Crippen molar-refractivity contribution in [2.75, 3.05) is 26.8 Å². The standard InChI is InChI=1S/C13H19NO3/c1-3-17-11-6-4-5-10(12(11)16-2)7-13(15)8-14-9-13/h4-6,14-15H,3,7-9H2,1-2H3. The SMILES string of the molecule is CCOc1cccc(CC2(O)CNC2)c1OC. The average molecular weight is 237 g/mol. The number of β-amino-alcohol motifs (C(OH)–C–C–N with tert-alkyl or cyclic N) is 1. The van der Waals surface area contributed by atoms with E-state index in [0.717, 1.165) is 17.1 Å². The summed E-state index contributed by atoms with van der Waals surface area (Å²) in [4.78, 5) is 0. The highest BCUT2D eigenvalue weighted by molar-refractivity contribution is 5.47. The molecule has 0 aromatic heterocycles. The number of rotatable bonds is 5. The molecule has 4 nitrogen and oxygen atoms in total. The molecule has 0 spiro atoms. The van der Waals surface area contributed by atoms with Gasteiger partial charge in [-0.05, 0) is 13.0 Å². The Labute approximate surface area is 102 Å². The molecular formula is C13H19NO3. The summed E-state index contributed by atoms with van der Waals surface area (Å²) in [6.45, 7) is 3.81. The minimum absolute atomic E-state index is 0.587. The average Bonchev–Trinajstić information content (AvgIpc) is 2.28. The van der Waals surface area contributed by atoms with Gasteiger partial charge in [-0.3, -0.25) is 0 Å². The van der Waals surface area contributed by atoms with Gasteiger partial charge >= 0.3 is 0 Å². The summed E-state index contributed by atoms with van der Waals surface area (Å²) in [5, 5.41) is 13.2. The van der Waals surface area contributed by atoms with Crippen molar-refractivity contribution in [2.24, 2.45) is 0 Å². The van der Waals surface area contributed by atoms with Gasteiger partial charge in [-0.15, -0.1) is 0 Å². The van der Waals surface area contributed by atoms with E-state index >= 15 is 0 Å². The van der Waals surface area contributed by atoms with Crippen molar-refractivity contribution < 1.29 is 14.6 Å². The van der Waals surface area contributed by atoms with Crippen LogP contribution < -0.4 is 14.8 Å². The molecule has 2 rings (SSSR count). The molecule has 0 aliphatic carbocycles. The van der Waals surface area contributed by atoms with Gasteiger partial charge in [-0.1, -0.05) is 12.1 Å². The smallest absolute Gasteiger partial charge is 0.164 e. The quantitative estimate of drug-likeness (QED) is 0.801. The number of aliphatic hydroxyl groups is 1. The van der Waals surface area contributed by atoms with Gasteiger partial charge in [0, 0.05) is 25.1 Å². The molecule has 0 amide bonds. The van der Waals surface area contributed by atoms with Gasteiger partial charge in [0.25, 0.3) is 0 Å². The molecule has 94 valence electrons. The van der Waals surface area contributed by atoms with Crippen LogP contribution in [-0.2, 0) is 6.42 Å². The van der Waals surface area contributed by atoms with Gasteiger partial charge in [-0.25, -0.2) is 0 Å². The maximum Gasteiger partial charge on any atom is 0.164 e. The lowest BCUT2D eigenvalue weighted by atomic mass is 9.89. The molecule has 2 N–H and O–H groups in total. The lowest BCUT2D eigenvalue weighted by molar-refractivity contribution is -0.00948. The molecule has 17 heavy (non-hydrogen) atoms. The minimum Gasteiger partial charge on any atom is -0.493 e. The van der Waals surface area contributed by atoms with E-state index in [2.05, 4.69) is 5.32 Å². The number of ether oxygens (including phenoxy) is 2. The molecular weight excluding hydrogens is 218 g/mol. The number of hydrogen-bond donors (Lipinski definition) is 2. The first-order valence-corrected chi connectivity index (χ1v) is 5.90. The van der Waals surface area contributed by atoms with E-state index in [-0.39, 0.29) is 0 Å². The highest BCUT2D eigenvalue weighted by Gasteiger charge is 2.35. The van der Waals surface area contributed by atoms with E-state index < -0.39 is 5.60 Å². The molecule has 0 atom stereocenters. The molecule has 4 heteroatoms. The first-order valence-electron chi connectivity index (χ1n) is 5.90. The summed E-state index contributed by atoms with van der Waals surface area (Å²) < 4.78 is 10.9. The Kier molecular flexibility index (Phi) is 3.54. The third-order valence-electron chi connectivity index (χ3n) is 2.99. The first kappa shape index (κ1) is 12.2. The van der Waals surface area contributed by atoms with E-state index in [1.807, 2.05) is 25.1 Å². The molecule has 1 aliphatic rings. The number of methoxy groups -OCH3 is 1. The molecule has 1 aliphatic heterocycles. The summed E-state index contributed by atoms with van der Waals surface area (Å²) in [5.41, 5.74) is 0.348. The fraction of sp³-hybridized carbons (Fsp3) is 0.538. The second-order valence-electron chi connectivity index (χ2n) is 4.39. The van der Waals surface area contributed by atoms with E-state index in [1.165, 1.54) is 0 Å². The second kappa shape index (κ2) is 4.94. The molecule has 0 bridgehead atoms. The third kappa shape index (κ3) is 2.53. The first-order chi connectivity index (χ1) is 8.18. The summed E-state index contributed by atoms with van der Waals surface area (Å²) in [6, 6.07) is 5.78. The lowest BCUT2D eigenvalue weighted by Crippen LogP contribution is -2.60. The fourth-order valence-electron chi connectivity index (χ4n) is 2.09. The second-order valence-corrected chi connectivity index (χ2v) is 4.39. The maximum atomic E-state index is 10.1. The van der Waals surface area contributed by atoms with Crippen LogP contribution in [0.3, 0.4) is 0 Å².